The minimum Gasteiger partial charge on any atom is -0.359 e. The normalized spacial score (nSPS) is 25.9. The van der Waals surface area contributed by atoms with Gasteiger partial charge in [0.2, 0.25) is 5.91 Å². The second-order valence-electron chi connectivity index (χ2n) is 6.90. The molecular weight excluding hydrogens is 314 g/mol. The zero-order chi connectivity index (χ0) is 15.5. The van der Waals surface area contributed by atoms with Crippen LogP contribution in [0.25, 0.3) is 0 Å². The molecule has 3 atom stereocenters. The summed E-state index contributed by atoms with van der Waals surface area (Å²) < 4.78 is 5.40. The van der Waals surface area contributed by atoms with Crippen molar-refractivity contribution in [2.75, 3.05) is 19.6 Å². The number of carbonyl (C=O) groups is 1. The molecule has 2 aliphatic heterocycles. The lowest BCUT2D eigenvalue weighted by Gasteiger charge is -2.30. The third-order valence-corrected chi connectivity index (χ3v) is 5.18. The van der Waals surface area contributed by atoms with Gasteiger partial charge in [0.1, 0.15) is 0 Å². The van der Waals surface area contributed by atoms with Gasteiger partial charge in [-0.05, 0) is 57.5 Å². The lowest BCUT2D eigenvalue weighted by atomic mass is 9.85. The minimum atomic E-state index is 0. The standard InChI is InChI=1S/C17H27N3O2.ClH/c1-12(14-5-3-7-18-11-14)9-17(21)20-8-4-6-15(20)16-10-13(2)19-22-16;/h10,12,14-15,18H,3-9,11H2,1-2H3;1H. The molecule has 6 heteroatoms. The molecule has 0 aromatic carbocycles. The van der Waals surface area contributed by atoms with Crippen LogP contribution in [0, 0.1) is 18.8 Å². The van der Waals surface area contributed by atoms with Gasteiger partial charge in [-0.1, -0.05) is 12.1 Å². The van der Waals surface area contributed by atoms with Crippen molar-refractivity contribution in [3.8, 4) is 0 Å². The highest BCUT2D eigenvalue weighted by Crippen LogP contribution is 2.34. The fourth-order valence-corrected chi connectivity index (χ4v) is 3.83. The van der Waals surface area contributed by atoms with Gasteiger partial charge in [0, 0.05) is 19.0 Å². The highest BCUT2D eigenvalue weighted by atomic mass is 35.5. The summed E-state index contributed by atoms with van der Waals surface area (Å²) in [5.74, 6) is 2.19. The molecule has 0 spiro atoms. The van der Waals surface area contributed by atoms with E-state index in [-0.39, 0.29) is 24.4 Å². The van der Waals surface area contributed by atoms with Gasteiger partial charge in [-0.25, -0.2) is 0 Å². The van der Waals surface area contributed by atoms with Crippen LogP contribution in [0.5, 0.6) is 0 Å². The number of rotatable bonds is 4. The van der Waals surface area contributed by atoms with Crippen LogP contribution in [0.4, 0.5) is 0 Å². The van der Waals surface area contributed by atoms with Crippen molar-refractivity contribution < 1.29 is 9.32 Å². The summed E-state index contributed by atoms with van der Waals surface area (Å²) >= 11 is 0. The van der Waals surface area contributed by atoms with Crippen LogP contribution in [-0.4, -0.2) is 35.6 Å². The number of aromatic nitrogens is 1. The van der Waals surface area contributed by atoms with E-state index in [4.69, 9.17) is 4.52 Å². The molecule has 3 rings (SSSR count). The van der Waals surface area contributed by atoms with Crippen LogP contribution in [0.15, 0.2) is 10.6 Å². The number of amides is 1. The number of carbonyl (C=O) groups excluding carboxylic acids is 1. The molecule has 130 valence electrons. The molecule has 0 radical (unpaired) electrons. The Bertz CT molecular complexity index is 514. The zero-order valence-electron chi connectivity index (χ0n) is 14.1. The van der Waals surface area contributed by atoms with Gasteiger partial charge in [-0.2, -0.15) is 0 Å². The molecule has 2 fully saturated rings. The van der Waals surface area contributed by atoms with Gasteiger partial charge in [-0.3, -0.25) is 4.79 Å². The highest BCUT2D eigenvalue weighted by molar-refractivity contribution is 5.85. The Morgan fingerprint density at radius 3 is 2.96 bits per heavy atom. The molecule has 1 aromatic rings. The van der Waals surface area contributed by atoms with Gasteiger partial charge in [0.25, 0.3) is 0 Å². The van der Waals surface area contributed by atoms with Gasteiger partial charge in [0.05, 0.1) is 11.7 Å². The average molecular weight is 342 g/mol. The first kappa shape index (κ1) is 18.3. The van der Waals surface area contributed by atoms with Crippen LogP contribution < -0.4 is 5.32 Å². The van der Waals surface area contributed by atoms with E-state index >= 15 is 0 Å². The molecule has 23 heavy (non-hydrogen) atoms. The van der Waals surface area contributed by atoms with Crippen molar-refractivity contribution in [1.82, 2.24) is 15.4 Å². The predicted molar refractivity (Wildman–Crippen MR) is 91.6 cm³/mol. The Hall–Kier alpha value is -1.07. The lowest BCUT2D eigenvalue weighted by Crippen LogP contribution is -2.37. The Morgan fingerprint density at radius 1 is 1.48 bits per heavy atom. The van der Waals surface area contributed by atoms with Crippen LogP contribution >= 0.6 is 12.4 Å². The largest absolute Gasteiger partial charge is 0.359 e. The number of hydrogen-bond acceptors (Lipinski definition) is 4. The second-order valence-corrected chi connectivity index (χ2v) is 6.90. The first-order valence-corrected chi connectivity index (χ1v) is 8.58. The molecule has 0 bridgehead atoms. The number of hydrogen-bond donors (Lipinski definition) is 1. The number of nitrogens with zero attached hydrogens (tertiary/aromatic N) is 2. The van der Waals surface area contributed by atoms with Crippen molar-refractivity contribution in [1.29, 1.82) is 0 Å². The molecule has 1 N–H and O–H groups in total. The fourth-order valence-electron chi connectivity index (χ4n) is 3.83. The number of halogens is 1. The summed E-state index contributed by atoms with van der Waals surface area (Å²) in [6.07, 6.45) is 5.16. The van der Waals surface area contributed by atoms with Gasteiger partial charge < -0.3 is 14.7 Å². The minimum absolute atomic E-state index is 0. The molecule has 1 aromatic heterocycles. The Balaban J connectivity index is 0.00000192. The number of piperidine rings is 1. The van der Waals surface area contributed by atoms with Crippen molar-refractivity contribution in [2.45, 2.75) is 52.0 Å². The maximum Gasteiger partial charge on any atom is 0.223 e. The average Bonchev–Trinajstić information content (AvgIpc) is 3.16. The van der Waals surface area contributed by atoms with Crippen molar-refractivity contribution in [2.24, 2.45) is 11.8 Å². The number of nitrogens with one attached hydrogen (secondary N) is 1. The van der Waals surface area contributed by atoms with E-state index in [0.29, 0.717) is 18.3 Å². The fraction of sp³-hybridized carbons (Fsp3) is 0.765. The quantitative estimate of drug-likeness (QED) is 0.914. The van der Waals surface area contributed by atoms with E-state index in [9.17, 15) is 4.79 Å². The maximum absolute atomic E-state index is 12.7. The second kappa shape index (κ2) is 8.15. The molecule has 3 unspecified atom stereocenters. The third-order valence-electron chi connectivity index (χ3n) is 5.18. The third kappa shape index (κ3) is 4.27. The Kier molecular flexibility index (Phi) is 6.48. The maximum atomic E-state index is 12.7. The van der Waals surface area contributed by atoms with E-state index in [1.165, 1.54) is 12.8 Å². The summed E-state index contributed by atoms with van der Waals surface area (Å²) in [5.41, 5.74) is 0.885. The summed E-state index contributed by atoms with van der Waals surface area (Å²) in [6.45, 7) is 7.17. The molecular formula is C17H28ClN3O2. The lowest BCUT2D eigenvalue weighted by molar-refractivity contribution is -0.133. The van der Waals surface area contributed by atoms with E-state index in [1.54, 1.807) is 0 Å². The van der Waals surface area contributed by atoms with Gasteiger partial charge in [-0.15, -0.1) is 12.4 Å². The summed E-state index contributed by atoms with van der Waals surface area (Å²) in [4.78, 5) is 14.7. The summed E-state index contributed by atoms with van der Waals surface area (Å²) in [7, 11) is 0. The van der Waals surface area contributed by atoms with E-state index in [0.717, 1.165) is 43.9 Å². The van der Waals surface area contributed by atoms with E-state index in [1.807, 2.05) is 17.9 Å². The molecule has 5 nitrogen and oxygen atoms in total. The zero-order valence-corrected chi connectivity index (χ0v) is 14.9. The van der Waals surface area contributed by atoms with E-state index < -0.39 is 0 Å². The SMILES string of the molecule is Cc1cc(C2CCCN2C(=O)CC(C)C2CCCNC2)on1.Cl. The van der Waals surface area contributed by atoms with Gasteiger partial charge >= 0.3 is 0 Å². The first-order chi connectivity index (χ1) is 10.6. The van der Waals surface area contributed by atoms with Crippen LogP contribution in [0.2, 0.25) is 0 Å². The molecule has 0 aliphatic carbocycles. The predicted octanol–water partition coefficient (Wildman–Crippen LogP) is 3.09. The van der Waals surface area contributed by atoms with Crippen LogP contribution in [0.1, 0.15) is 56.5 Å². The molecule has 2 saturated heterocycles. The molecule has 2 aliphatic rings. The topological polar surface area (TPSA) is 58.4 Å². The molecule has 0 saturated carbocycles. The highest BCUT2D eigenvalue weighted by Gasteiger charge is 2.34. The van der Waals surface area contributed by atoms with Gasteiger partial charge in [0.15, 0.2) is 5.76 Å². The van der Waals surface area contributed by atoms with E-state index in [2.05, 4.69) is 17.4 Å². The van der Waals surface area contributed by atoms with Crippen LogP contribution in [-0.2, 0) is 4.79 Å². The summed E-state index contributed by atoms with van der Waals surface area (Å²) in [5, 5.41) is 7.42. The number of aryl methyl sites for hydroxylation is 1. The van der Waals surface area contributed by atoms with Crippen LogP contribution in [0.3, 0.4) is 0 Å². The monoisotopic (exact) mass is 341 g/mol. The molecule has 1 amide bonds. The Morgan fingerprint density at radius 2 is 2.30 bits per heavy atom. The smallest absolute Gasteiger partial charge is 0.223 e. The summed E-state index contributed by atoms with van der Waals surface area (Å²) in [6, 6.07) is 2.05. The van der Waals surface area contributed by atoms with Crippen molar-refractivity contribution in [3.05, 3.63) is 17.5 Å². The van der Waals surface area contributed by atoms with Crippen molar-refractivity contribution in [3.63, 3.8) is 0 Å². The molecule has 3 heterocycles. The Labute approximate surface area is 144 Å². The first-order valence-electron chi connectivity index (χ1n) is 8.58. The van der Waals surface area contributed by atoms with Crippen molar-refractivity contribution >= 4 is 18.3 Å². The number of likely N-dealkylation sites (tertiary alicyclic amines) is 1.